The van der Waals surface area contributed by atoms with E-state index in [1.165, 1.54) is 5.56 Å². The van der Waals surface area contributed by atoms with Gasteiger partial charge in [-0.2, -0.15) is 0 Å². The van der Waals surface area contributed by atoms with Gasteiger partial charge in [0.2, 0.25) is 0 Å². The molecule has 3 saturated carbocycles. The summed E-state index contributed by atoms with van der Waals surface area (Å²) in [7, 11) is 0. The van der Waals surface area contributed by atoms with Crippen LogP contribution in [-0.2, 0) is 24.7 Å². The number of aryl methyl sites for hydroxylation is 2. The number of ketones is 2. The molecule has 118 valence electrons. The monoisotopic (exact) mass is 310 g/mol. The van der Waals surface area contributed by atoms with Crippen LogP contribution in [0.25, 0.3) is 0 Å². The summed E-state index contributed by atoms with van der Waals surface area (Å²) in [6, 6.07) is 5.99. The molecule has 0 radical (unpaired) electrons. The van der Waals surface area contributed by atoms with Crippen molar-refractivity contribution in [2.75, 3.05) is 0 Å². The Morgan fingerprint density at radius 2 is 1.78 bits per heavy atom. The van der Waals surface area contributed by atoms with Gasteiger partial charge in [-0.15, -0.1) is 0 Å². The molecule has 5 aliphatic rings. The summed E-state index contributed by atoms with van der Waals surface area (Å²) in [5, 5.41) is 0. The van der Waals surface area contributed by atoms with Crippen molar-refractivity contribution in [2.24, 2.45) is 23.7 Å². The molecule has 0 unspecified atom stereocenters. The SMILES string of the molecule is Cc1ccc([C@]23O[C@@H]2C(=O)[C@@H]2[C@H]4C[C@@H]([C@@H]5O[C@@H]45)[C@H]2C3=O)cc1C. The molecule has 2 saturated heterocycles. The molecule has 0 amide bonds. The molecule has 2 heterocycles. The zero-order chi connectivity index (χ0) is 15.7. The van der Waals surface area contributed by atoms with Crippen LogP contribution >= 0.6 is 0 Å². The number of hydrogen-bond donors (Lipinski definition) is 0. The fourth-order valence-corrected chi connectivity index (χ4v) is 5.74. The molecule has 1 aromatic rings. The van der Waals surface area contributed by atoms with E-state index in [1.54, 1.807) is 0 Å². The average molecular weight is 310 g/mol. The predicted octanol–water partition coefficient (Wildman–Crippen LogP) is 1.70. The van der Waals surface area contributed by atoms with Crippen molar-refractivity contribution >= 4 is 11.6 Å². The highest BCUT2D eigenvalue weighted by molar-refractivity contribution is 6.10. The smallest absolute Gasteiger partial charge is 0.186 e. The molecule has 6 rings (SSSR count). The summed E-state index contributed by atoms with van der Waals surface area (Å²) in [5.41, 5.74) is 2.18. The molecular weight excluding hydrogens is 292 g/mol. The molecule has 0 spiro atoms. The van der Waals surface area contributed by atoms with Gasteiger partial charge in [0.1, 0.15) is 0 Å². The number of carbonyl (C=O) groups is 2. The van der Waals surface area contributed by atoms with Gasteiger partial charge in [0, 0.05) is 11.8 Å². The van der Waals surface area contributed by atoms with Crippen molar-refractivity contribution in [2.45, 2.75) is 44.2 Å². The van der Waals surface area contributed by atoms with E-state index in [2.05, 4.69) is 0 Å². The highest BCUT2D eigenvalue weighted by atomic mass is 16.6. The minimum atomic E-state index is -0.994. The van der Waals surface area contributed by atoms with E-state index in [0.29, 0.717) is 0 Å². The summed E-state index contributed by atoms with van der Waals surface area (Å²) in [6.07, 6.45) is 0.892. The second-order valence-corrected chi connectivity index (χ2v) is 7.98. The van der Waals surface area contributed by atoms with Gasteiger partial charge < -0.3 is 9.47 Å². The third-order valence-electron chi connectivity index (χ3n) is 7.07. The van der Waals surface area contributed by atoms with Gasteiger partial charge in [-0.25, -0.2) is 0 Å². The number of hydrogen-bond acceptors (Lipinski definition) is 4. The number of ether oxygens (including phenoxy) is 2. The van der Waals surface area contributed by atoms with Gasteiger partial charge in [0.15, 0.2) is 23.3 Å². The molecule has 3 aliphatic carbocycles. The minimum Gasteiger partial charge on any atom is -0.369 e. The van der Waals surface area contributed by atoms with Crippen LogP contribution in [0.5, 0.6) is 0 Å². The highest BCUT2D eigenvalue weighted by Crippen LogP contribution is 2.68. The lowest BCUT2D eigenvalue weighted by atomic mass is 9.64. The van der Waals surface area contributed by atoms with Crippen LogP contribution in [0.1, 0.15) is 23.1 Å². The van der Waals surface area contributed by atoms with E-state index in [4.69, 9.17) is 9.47 Å². The van der Waals surface area contributed by atoms with Crippen molar-refractivity contribution < 1.29 is 19.1 Å². The van der Waals surface area contributed by atoms with Crippen molar-refractivity contribution in [1.29, 1.82) is 0 Å². The second kappa shape index (κ2) is 3.60. The van der Waals surface area contributed by atoms with Crippen molar-refractivity contribution in [1.82, 2.24) is 0 Å². The zero-order valence-corrected chi connectivity index (χ0v) is 13.1. The van der Waals surface area contributed by atoms with Crippen LogP contribution in [0.2, 0.25) is 0 Å². The van der Waals surface area contributed by atoms with Crippen LogP contribution < -0.4 is 0 Å². The Bertz CT molecular complexity index is 799. The molecule has 5 fully saturated rings. The fraction of sp³-hybridized carbons (Fsp3) is 0.579. The predicted molar refractivity (Wildman–Crippen MR) is 79.7 cm³/mol. The van der Waals surface area contributed by atoms with E-state index < -0.39 is 11.7 Å². The standard InChI is InChI=1S/C19H18O4/c1-7-3-4-9(5-8(7)2)19-17(21)13-11-6-10(15-16(11)22-15)12(13)14(20)18(19)23-19/h3-5,10-13,15-16,18H,6H2,1-2H3/t10-,11-,12-,13-,15+,16+,18-,19-/m1/s1. The van der Waals surface area contributed by atoms with E-state index >= 15 is 0 Å². The number of carbonyl (C=O) groups excluding carboxylic acids is 2. The van der Waals surface area contributed by atoms with Crippen LogP contribution in [0.3, 0.4) is 0 Å². The molecule has 0 aromatic heterocycles. The third-order valence-corrected chi connectivity index (χ3v) is 7.07. The summed E-state index contributed by atoms with van der Waals surface area (Å²) in [4.78, 5) is 26.3. The molecule has 2 aliphatic heterocycles. The van der Waals surface area contributed by atoms with Crippen LogP contribution in [-0.4, -0.2) is 29.9 Å². The minimum absolute atomic E-state index is 0.136. The number of benzene rings is 1. The zero-order valence-electron chi connectivity index (χ0n) is 13.1. The van der Waals surface area contributed by atoms with Crippen LogP contribution in [0.4, 0.5) is 0 Å². The Labute approximate surface area is 134 Å². The maximum absolute atomic E-state index is 13.3. The first-order chi connectivity index (χ1) is 11.0. The molecule has 4 heteroatoms. The third kappa shape index (κ3) is 1.26. The summed E-state index contributed by atoms with van der Waals surface area (Å²) >= 11 is 0. The van der Waals surface area contributed by atoms with Gasteiger partial charge in [-0.3, -0.25) is 9.59 Å². The number of fused-ring (bicyclic) bond motifs is 9. The second-order valence-electron chi connectivity index (χ2n) is 7.98. The van der Waals surface area contributed by atoms with Gasteiger partial charge in [0.05, 0.1) is 12.2 Å². The van der Waals surface area contributed by atoms with Gasteiger partial charge in [0.25, 0.3) is 0 Å². The summed E-state index contributed by atoms with van der Waals surface area (Å²) in [6.45, 7) is 4.08. The Morgan fingerprint density at radius 1 is 1.04 bits per heavy atom. The van der Waals surface area contributed by atoms with Crippen molar-refractivity contribution in [3.8, 4) is 0 Å². The Hall–Kier alpha value is -1.52. The first-order valence-electron chi connectivity index (χ1n) is 8.53. The van der Waals surface area contributed by atoms with Gasteiger partial charge >= 0.3 is 0 Å². The normalized spacial score (nSPS) is 51.3. The molecule has 8 atom stereocenters. The lowest BCUT2D eigenvalue weighted by Crippen LogP contribution is -2.50. The van der Waals surface area contributed by atoms with E-state index in [0.717, 1.165) is 17.5 Å². The summed E-state index contributed by atoms with van der Waals surface area (Å²) in [5.74, 6) is 0.444. The molecule has 1 aromatic carbocycles. The first-order valence-corrected chi connectivity index (χ1v) is 8.53. The number of Topliss-reactive ketones (excluding diaryl/α,β-unsaturated/α-hetero) is 2. The highest BCUT2D eigenvalue weighted by Gasteiger charge is 2.81. The van der Waals surface area contributed by atoms with Crippen LogP contribution in [0.15, 0.2) is 18.2 Å². The first kappa shape index (κ1) is 12.8. The Kier molecular flexibility index (Phi) is 2.01. The molecular formula is C19H18O4. The quantitative estimate of drug-likeness (QED) is 0.741. The lowest BCUT2D eigenvalue weighted by molar-refractivity contribution is -0.140. The largest absolute Gasteiger partial charge is 0.369 e. The van der Waals surface area contributed by atoms with Gasteiger partial charge in [-0.05, 0) is 48.8 Å². The maximum Gasteiger partial charge on any atom is 0.186 e. The molecule has 23 heavy (non-hydrogen) atoms. The Morgan fingerprint density at radius 3 is 2.52 bits per heavy atom. The summed E-state index contributed by atoms with van der Waals surface area (Å²) < 4.78 is 11.5. The van der Waals surface area contributed by atoms with E-state index in [-0.39, 0.29) is 47.4 Å². The molecule has 0 N–H and O–H groups in total. The number of rotatable bonds is 1. The van der Waals surface area contributed by atoms with E-state index in [9.17, 15) is 9.59 Å². The van der Waals surface area contributed by atoms with Crippen LogP contribution in [0, 0.1) is 37.5 Å². The van der Waals surface area contributed by atoms with Crippen molar-refractivity contribution in [3.63, 3.8) is 0 Å². The fourth-order valence-electron chi connectivity index (χ4n) is 5.74. The maximum atomic E-state index is 13.3. The lowest BCUT2D eigenvalue weighted by Gasteiger charge is -2.32. The molecule has 4 nitrogen and oxygen atoms in total. The van der Waals surface area contributed by atoms with Gasteiger partial charge in [-0.1, -0.05) is 18.2 Å². The molecule has 2 bridgehead atoms. The average Bonchev–Trinajstić information content (AvgIpc) is 3.43. The number of epoxide rings is 2. The topological polar surface area (TPSA) is 59.2 Å². The van der Waals surface area contributed by atoms with E-state index in [1.807, 2.05) is 32.0 Å². The van der Waals surface area contributed by atoms with Crippen molar-refractivity contribution in [3.05, 3.63) is 34.9 Å². The Balaban J connectivity index is 1.47.